The zero-order chi connectivity index (χ0) is 14.9. The van der Waals surface area contributed by atoms with Gasteiger partial charge in [0.2, 0.25) is 0 Å². The van der Waals surface area contributed by atoms with Gasteiger partial charge in [0.1, 0.15) is 0 Å². The summed E-state index contributed by atoms with van der Waals surface area (Å²) in [5.74, 6) is -1.17. The lowest BCUT2D eigenvalue weighted by atomic mass is 10.2. The highest BCUT2D eigenvalue weighted by Crippen LogP contribution is 2.32. The van der Waals surface area contributed by atoms with Crippen molar-refractivity contribution >= 4 is 28.1 Å². The van der Waals surface area contributed by atoms with E-state index in [2.05, 4.69) is 10.3 Å². The Balaban J connectivity index is 2.26. The van der Waals surface area contributed by atoms with Crippen LogP contribution >= 0.6 is 11.3 Å². The SMILES string of the molecule is Cc1sc(Nc2cccc(C(F)(F)F)c2)nc1C(=O)O. The molecule has 0 atom stereocenters. The minimum Gasteiger partial charge on any atom is -0.476 e. The molecular weight excluding hydrogens is 293 g/mol. The van der Waals surface area contributed by atoms with Crippen LogP contribution in [0, 0.1) is 6.92 Å². The lowest BCUT2D eigenvalue weighted by Crippen LogP contribution is -2.05. The number of hydrogen-bond donors (Lipinski definition) is 2. The zero-order valence-corrected chi connectivity index (χ0v) is 11.0. The summed E-state index contributed by atoms with van der Waals surface area (Å²) in [6.45, 7) is 1.58. The first-order valence-corrected chi connectivity index (χ1v) is 6.24. The molecule has 106 valence electrons. The molecule has 1 heterocycles. The van der Waals surface area contributed by atoms with E-state index in [0.717, 1.165) is 23.5 Å². The van der Waals surface area contributed by atoms with E-state index in [1.807, 2.05) is 0 Å². The van der Waals surface area contributed by atoms with Gasteiger partial charge in [0.25, 0.3) is 0 Å². The van der Waals surface area contributed by atoms with Gasteiger partial charge in [0.15, 0.2) is 10.8 Å². The summed E-state index contributed by atoms with van der Waals surface area (Å²) in [4.78, 5) is 15.1. The molecule has 1 aromatic heterocycles. The fourth-order valence-electron chi connectivity index (χ4n) is 1.55. The monoisotopic (exact) mass is 302 g/mol. The van der Waals surface area contributed by atoms with Crippen molar-refractivity contribution in [2.75, 3.05) is 5.32 Å². The molecule has 0 radical (unpaired) electrons. The maximum atomic E-state index is 12.6. The van der Waals surface area contributed by atoms with Gasteiger partial charge in [-0.3, -0.25) is 0 Å². The Hall–Kier alpha value is -2.09. The molecule has 0 amide bonds. The number of carboxylic acid groups (broad SMARTS) is 1. The molecule has 0 saturated heterocycles. The van der Waals surface area contributed by atoms with Crippen LogP contribution < -0.4 is 5.32 Å². The van der Waals surface area contributed by atoms with E-state index in [1.54, 1.807) is 6.92 Å². The topological polar surface area (TPSA) is 62.2 Å². The van der Waals surface area contributed by atoms with Gasteiger partial charge >= 0.3 is 12.1 Å². The van der Waals surface area contributed by atoms with E-state index in [0.29, 0.717) is 4.88 Å². The van der Waals surface area contributed by atoms with Crippen molar-refractivity contribution in [2.24, 2.45) is 0 Å². The molecule has 2 rings (SSSR count). The first-order chi connectivity index (χ1) is 9.27. The van der Waals surface area contributed by atoms with Gasteiger partial charge < -0.3 is 10.4 Å². The highest BCUT2D eigenvalue weighted by Gasteiger charge is 2.30. The predicted molar refractivity (Wildman–Crippen MR) is 68.5 cm³/mol. The van der Waals surface area contributed by atoms with Gasteiger partial charge in [-0.15, -0.1) is 11.3 Å². The Morgan fingerprint density at radius 2 is 2.10 bits per heavy atom. The highest BCUT2D eigenvalue weighted by atomic mass is 32.1. The van der Waals surface area contributed by atoms with Crippen LogP contribution in [0.4, 0.5) is 24.0 Å². The van der Waals surface area contributed by atoms with E-state index < -0.39 is 17.7 Å². The molecule has 0 unspecified atom stereocenters. The number of hydrogen-bond acceptors (Lipinski definition) is 4. The van der Waals surface area contributed by atoms with E-state index in [4.69, 9.17) is 5.11 Å². The second-order valence-electron chi connectivity index (χ2n) is 3.93. The lowest BCUT2D eigenvalue weighted by molar-refractivity contribution is -0.137. The lowest BCUT2D eigenvalue weighted by Gasteiger charge is -2.08. The first kappa shape index (κ1) is 14.3. The average Bonchev–Trinajstić information content (AvgIpc) is 2.69. The van der Waals surface area contributed by atoms with Crippen LogP contribution in [-0.2, 0) is 6.18 Å². The smallest absolute Gasteiger partial charge is 0.416 e. The third-order valence-corrected chi connectivity index (χ3v) is 3.33. The van der Waals surface area contributed by atoms with Gasteiger partial charge in [-0.25, -0.2) is 9.78 Å². The summed E-state index contributed by atoms with van der Waals surface area (Å²) in [5, 5.41) is 11.8. The van der Waals surface area contributed by atoms with Gasteiger partial charge in [-0.05, 0) is 25.1 Å². The van der Waals surface area contributed by atoms with Crippen LogP contribution in [0.1, 0.15) is 20.9 Å². The van der Waals surface area contributed by atoms with Crippen LogP contribution in [-0.4, -0.2) is 16.1 Å². The highest BCUT2D eigenvalue weighted by molar-refractivity contribution is 7.15. The molecule has 0 aliphatic rings. The van der Waals surface area contributed by atoms with Gasteiger partial charge in [-0.2, -0.15) is 13.2 Å². The number of carboxylic acids is 1. The minimum absolute atomic E-state index is 0.107. The van der Waals surface area contributed by atoms with Crippen LogP contribution in [0.3, 0.4) is 0 Å². The normalized spacial score (nSPS) is 11.4. The van der Waals surface area contributed by atoms with Crippen molar-refractivity contribution in [3.05, 3.63) is 40.4 Å². The number of aryl methyl sites for hydroxylation is 1. The summed E-state index contributed by atoms with van der Waals surface area (Å²) in [6.07, 6.45) is -4.43. The summed E-state index contributed by atoms with van der Waals surface area (Å²) in [7, 11) is 0. The number of anilines is 2. The Morgan fingerprint density at radius 3 is 2.65 bits per heavy atom. The van der Waals surface area contributed by atoms with E-state index >= 15 is 0 Å². The quantitative estimate of drug-likeness (QED) is 0.902. The summed E-state index contributed by atoms with van der Waals surface area (Å²) in [6, 6.07) is 4.62. The maximum Gasteiger partial charge on any atom is 0.416 e. The number of thiazole rings is 1. The van der Waals surface area contributed by atoms with E-state index in [-0.39, 0.29) is 16.5 Å². The number of alkyl halides is 3. The summed E-state index contributed by atoms with van der Waals surface area (Å²) in [5.41, 5.74) is -0.691. The van der Waals surface area contributed by atoms with Crippen molar-refractivity contribution in [1.82, 2.24) is 4.98 Å². The molecule has 2 aromatic rings. The molecule has 1 aromatic carbocycles. The molecule has 0 spiro atoms. The number of halogens is 3. The number of benzene rings is 1. The second kappa shape index (κ2) is 5.12. The standard InChI is InChI=1S/C12H9F3N2O2S/c1-6-9(10(18)19)17-11(20-6)16-8-4-2-3-7(5-8)12(13,14)15/h2-5H,1H3,(H,16,17)(H,18,19). The fourth-order valence-corrected chi connectivity index (χ4v) is 2.37. The van der Waals surface area contributed by atoms with Crippen molar-refractivity contribution in [3.8, 4) is 0 Å². The van der Waals surface area contributed by atoms with Gasteiger partial charge in [0, 0.05) is 10.6 Å². The average molecular weight is 302 g/mol. The van der Waals surface area contributed by atoms with Gasteiger partial charge in [0.05, 0.1) is 5.56 Å². The van der Waals surface area contributed by atoms with Crippen molar-refractivity contribution in [1.29, 1.82) is 0 Å². The third-order valence-electron chi connectivity index (χ3n) is 2.44. The van der Waals surface area contributed by atoms with Crippen molar-refractivity contribution < 1.29 is 23.1 Å². The molecule has 4 nitrogen and oxygen atoms in total. The number of carbonyl (C=O) groups is 1. The van der Waals surface area contributed by atoms with E-state index in [9.17, 15) is 18.0 Å². The molecule has 0 fully saturated rings. The molecule has 0 aliphatic carbocycles. The molecule has 0 bridgehead atoms. The van der Waals surface area contributed by atoms with Crippen molar-refractivity contribution in [2.45, 2.75) is 13.1 Å². The third kappa shape index (κ3) is 3.08. The van der Waals surface area contributed by atoms with E-state index in [1.165, 1.54) is 12.1 Å². The van der Waals surface area contributed by atoms with Crippen molar-refractivity contribution in [3.63, 3.8) is 0 Å². The number of rotatable bonds is 3. The Bertz CT molecular complexity index is 652. The van der Waals surface area contributed by atoms with Gasteiger partial charge in [-0.1, -0.05) is 6.07 Å². The Kier molecular flexibility index (Phi) is 3.67. The number of nitrogens with zero attached hydrogens (tertiary/aromatic N) is 1. The van der Waals surface area contributed by atoms with Crippen LogP contribution in [0.2, 0.25) is 0 Å². The molecule has 8 heteroatoms. The molecule has 2 N–H and O–H groups in total. The molecule has 20 heavy (non-hydrogen) atoms. The Morgan fingerprint density at radius 1 is 1.40 bits per heavy atom. The van der Waals surface area contributed by atoms with Crippen LogP contribution in [0.15, 0.2) is 24.3 Å². The minimum atomic E-state index is -4.43. The number of aromatic nitrogens is 1. The number of nitrogens with one attached hydrogen (secondary N) is 1. The maximum absolute atomic E-state index is 12.6. The van der Waals surface area contributed by atoms with Crippen LogP contribution in [0.25, 0.3) is 0 Å². The second-order valence-corrected chi connectivity index (χ2v) is 5.14. The zero-order valence-electron chi connectivity index (χ0n) is 10.2. The number of aromatic carboxylic acids is 1. The molecule has 0 aliphatic heterocycles. The molecular formula is C12H9F3N2O2S. The predicted octanol–water partition coefficient (Wildman–Crippen LogP) is 3.91. The molecule has 0 saturated carbocycles. The first-order valence-electron chi connectivity index (χ1n) is 5.42. The van der Waals surface area contributed by atoms with Crippen LogP contribution in [0.5, 0.6) is 0 Å². The summed E-state index contributed by atoms with van der Waals surface area (Å²) < 4.78 is 37.7. The Labute approximate surface area is 115 Å². The summed E-state index contributed by atoms with van der Waals surface area (Å²) >= 11 is 1.07. The largest absolute Gasteiger partial charge is 0.476 e. The fraction of sp³-hybridized carbons (Fsp3) is 0.167.